The van der Waals surface area contributed by atoms with E-state index in [2.05, 4.69) is 4.74 Å². The van der Waals surface area contributed by atoms with Crippen LogP contribution in [0.3, 0.4) is 0 Å². The molecule has 17 heavy (non-hydrogen) atoms. The molecular formula is C12H15F3O2. The number of hydrogen-bond acceptors (Lipinski definition) is 2. The highest BCUT2D eigenvalue weighted by molar-refractivity contribution is 5.28. The first kappa shape index (κ1) is 13.8. The molecule has 1 aromatic carbocycles. The summed E-state index contributed by atoms with van der Waals surface area (Å²) in [5, 5.41) is 8.85. The molecule has 0 fully saturated rings. The number of rotatable bonds is 5. The number of halogens is 3. The number of benzene rings is 1. The standard InChI is InChI=1S/C12H15F3O2/c1-9(8-16)5-6-10-3-2-4-11(7-10)17-12(13,14)15/h2-4,7,9,16H,5-6,8H2,1H3. The van der Waals surface area contributed by atoms with Gasteiger partial charge < -0.3 is 9.84 Å². The SMILES string of the molecule is CC(CO)CCc1cccc(OC(F)(F)F)c1. The van der Waals surface area contributed by atoms with Gasteiger partial charge in [0.2, 0.25) is 0 Å². The molecule has 0 amide bonds. The predicted octanol–water partition coefficient (Wildman–Crippen LogP) is 3.15. The third-order valence-electron chi connectivity index (χ3n) is 2.37. The second-order valence-electron chi connectivity index (χ2n) is 4.02. The van der Waals surface area contributed by atoms with Gasteiger partial charge in [0.15, 0.2) is 0 Å². The van der Waals surface area contributed by atoms with E-state index < -0.39 is 6.36 Å². The van der Waals surface area contributed by atoms with Crippen LogP contribution in [-0.2, 0) is 6.42 Å². The van der Waals surface area contributed by atoms with E-state index in [1.165, 1.54) is 18.2 Å². The maximum Gasteiger partial charge on any atom is 0.573 e. The molecule has 1 unspecified atom stereocenters. The molecule has 96 valence electrons. The summed E-state index contributed by atoms with van der Waals surface area (Å²) >= 11 is 0. The van der Waals surface area contributed by atoms with Crippen molar-refractivity contribution >= 4 is 0 Å². The Balaban J connectivity index is 2.60. The van der Waals surface area contributed by atoms with Crippen molar-refractivity contribution in [3.8, 4) is 5.75 Å². The van der Waals surface area contributed by atoms with Gasteiger partial charge in [-0.3, -0.25) is 0 Å². The minimum atomic E-state index is -4.66. The predicted molar refractivity (Wildman–Crippen MR) is 57.7 cm³/mol. The lowest BCUT2D eigenvalue weighted by Gasteiger charge is -2.11. The number of aryl methyl sites for hydroxylation is 1. The first-order valence-corrected chi connectivity index (χ1v) is 5.36. The molecule has 1 rings (SSSR count). The molecule has 0 aromatic heterocycles. The summed E-state index contributed by atoms with van der Waals surface area (Å²) in [6.07, 6.45) is -3.31. The molecular weight excluding hydrogens is 233 g/mol. The molecule has 1 atom stereocenters. The van der Waals surface area contributed by atoms with Gasteiger partial charge in [-0.1, -0.05) is 19.1 Å². The quantitative estimate of drug-likeness (QED) is 0.867. The van der Waals surface area contributed by atoms with E-state index >= 15 is 0 Å². The van der Waals surface area contributed by atoms with Crippen molar-refractivity contribution in [2.24, 2.45) is 5.92 Å². The van der Waals surface area contributed by atoms with Crippen molar-refractivity contribution in [2.45, 2.75) is 26.1 Å². The lowest BCUT2D eigenvalue weighted by molar-refractivity contribution is -0.274. The van der Waals surface area contributed by atoms with E-state index in [0.29, 0.717) is 6.42 Å². The van der Waals surface area contributed by atoms with Crippen LogP contribution in [0.15, 0.2) is 24.3 Å². The van der Waals surface area contributed by atoms with Crippen molar-refractivity contribution in [2.75, 3.05) is 6.61 Å². The highest BCUT2D eigenvalue weighted by Gasteiger charge is 2.31. The topological polar surface area (TPSA) is 29.5 Å². The van der Waals surface area contributed by atoms with Crippen LogP contribution in [-0.4, -0.2) is 18.1 Å². The maximum atomic E-state index is 12.0. The zero-order valence-electron chi connectivity index (χ0n) is 9.50. The largest absolute Gasteiger partial charge is 0.573 e. The second kappa shape index (κ2) is 5.91. The number of aliphatic hydroxyl groups excluding tert-OH is 1. The van der Waals surface area contributed by atoms with Crippen LogP contribution in [0.25, 0.3) is 0 Å². The van der Waals surface area contributed by atoms with E-state index in [0.717, 1.165) is 12.0 Å². The van der Waals surface area contributed by atoms with Crippen LogP contribution in [0.5, 0.6) is 5.75 Å². The summed E-state index contributed by atoms with van der Waals surface area (Å²) in [4.78, 5) is 0. The average molecular weight is 248 g/mol. The Kier molecular flexibility index (Phi) is 4.81. The Morgan fingerprint density at radius 3 is 2.65 bits per heavy atom. The summed E-state index contributed by atoms with van der Waals surface area (Å²) in [5.41, 5.74) is 0.770. The van der Waals surface area contributed by atoms with Gasteiger partial charge in [0.25, 0.3) is 0 Å². The van der Waals surface area contributed by atoms with Crippen molar-refractivity contribution in [3.63, 3.8) is 0 Å². The van der Waals surface area contributed by atoms with E-state index in [9.17, 15) is 13.2 Å². The monoisotopic (exact) mass is 248 g/mol. The van der Waals surface area contributed by atoms with Crippen molar-refractivity contribution in [3.05, 3.63) is 29.8 Å². The zero-order chi connectivity index (χ0) is 12.9. The lowest BCUT2D eigenvalue weighted by Crippen LogP contribution is -2.17. The van der Waals surface area contributed by atoms with E-state index in [4.69, 9.17) is 5.11 Å². The van der Waals surface area contributed by atoms with Gasteiger partial charge in [-0.15, -0.1) is 13.2 Å². The summed E-state index contributed by atoms with van der Waals surface area (Å²) in [5.74, 6) is -0.0613. The number of aliphatic hydroxyl groups is 1. The summed E-state index contributed by atoms with van der Waals surface area (Å²) in [7, 11) is 0. The molecule has 0 bridgehead atoms. The van der Waals surface area contributed by atoms with E-state index in [-0.39, 0.29) is 18.3 Å². The van der Waals surface area contributed by atoms with Crippen LogP contribution < -0.4 is 4.74 Å². The molecule has 0 saturated heterocycles. The number of ether oxygens (including phenoxy) is 1. The molecule has 1 aromatic rings. The zero-order valence-corrected chi connectivity index (χ0v) is 9.50. The fourth-order valence-electron chi connectivity index (χ4n) is 1.40. The Hall–Kier alpha value is -1.23. The van der Waals surface area contributed by atoms with Crippen LogP contribution in [0.1, 0.15) is 18.9 Å². The van der Waals surface area contributed by atoms with Gasteiger partial charge in [-0.25, -0.2) is 0 Å². The van der Waals surface area contributed by atoms with Gasteiger partial charge in [-0.05, 0) is 36.5 Å². The highest BCUT2D eigenvalue weighted by atomic mass is 19.4. The van der Waals surface area contributed by atoms with Crippen LogP contribution in [0.2, 0.25) is 0 Å². The molecule has 1 N–H and O–H groups in total. The fourth-order valence-corrected chi connectivity index (χ4v) is 1.40. The number of hydrogen-bond donors (Lipinski definition) is 1. The Bertz CT molecular complexity index is 350. The van der Waals surface area contributed by atoms with Crippen molar-refractivity contribution in [1.29, 1.82) is 0 Å². The molecule has 2 nitrogen and oxygen atoms in total. The molecule has 0 spiro atoms. The summed E-state index contributed by atoms with van der Waals surface area (Å²) in [6, 6.07) is 5.91. The third-order valence-corrected chi connectivity index (χ3v) is 2.37. The van der Waals surface area contributed by atoms with Gasteiger partial charge in [-0.2, -0.15) is 0 Å². The lowest BCUT2D eigenvalue weighted by atomic mass is 10.0. The van der Waals surface area contributed by atoms with Gasteiger partial charge in [0, 0.05) is 6.61 Å². The molecule has 0 aliphatic carbocycles. The van der Waals surface area contributed by atoms with Gasteiger partial charge in [0.05, 0.1) is 0 Å². The van der Waals surface area contributed by atoms with Crippen molar-refractivity contribution < 1.29 is 23.0 Å². The first-order valence-electron chi connectivity index (χ1n) is 5.36. The van der Waals surface area contributed by atoms with Gasteiger partial charge >= 0.3 is 6.36 Å². The molecule has 0 radical (unpaired) electrons. The Morgan fingerprint density at radius 2 is 2.06 bits per heavy atom. The van der Waals surface area contributed by atoms with E-state index in [1.54, 1.807) is 6.07 Å². The van der Waals surface area contributed by atoms with Gasteiger partial charge in [0.1, 0.15) is 5.75 Å². The molecule has 0 heterocycles. The minimum absolute atomic E-state index is 0.0821. The van der Waals surface area contributed by atoms with E-state index in [1.807, 2.05) is 6.92 Å². The molecule has 0 aliphatic rings. The summed E-state index contributed by atoms with van der Waals surface area (Å²) < 4.78 is 39.8. The fraction of sp³-hybridized carbons (Fsp3) is 0.500. The maximum absolute atomic E-state index is 12.0. The Morgan fingerprint density at radius 1 is 1.35 bits per heavy atom. The average Bonchev–Trinajstić information content (AvgIpc) is 2.24. The first-order chi connectivity index (χ1) is 7.90. The number of alkyl halides is 3. The van der Waals surface area contributed by atoms with Crippen LogP contribution in [0.4, 0.5) is 13.2 Å². The van der Waals surface area contributed by atoms with Crippen molar-refractivity contribution in [1.82, 2.24) is 0 Å². The Labute approximate surface area is 98.0 Å². The minimum Gasteiger partial charge on any atom is -0.406 e. The van der Waals surface area contributed by atoms with Crippen LogP contribution in [0, 0.1) is 5.92 Å². The molecule has 5 heteroatoms. The molecule has 0 aliphatic heterocycles. The molecule has 0 saturated carbocycles. The highest BCUT2D eigenvalue weighted by Crippen LogP contribution is 2.24. The smallest absolute Gasteiger partial charge is 0.406 e. The normalized spacial score (nSPS) is 13.5. The third kappa shape index (κ3) is 5.58. The second-order valence-corrected chi connectivity index (χ2v) is 4.02. The summed E-state index contributed by atoms with van der Waals surface area (Å²) in [6.45, 7) is 1.97. The van der Waals surface area contributed by atoms with Crippen LogP contribution >= 0.6 is 0 Å².